The molecule has 0 bridgehead atoms. The van der Waals surface area contributed by atoms with Gasteiger partial charge in [-0.2, -0.15) is 0 Å². The lowest BCUT2D eigenvalue weighted by atomic mass is 10.1. The van der Waals surface area contributed by atoms with Gasteiger partial charge >= 0.3 is 0 Å². The summed E-state index contributed by atoms with van der Waals surface area (Å²) in [6.45, 7) is 3.26. The van der Waals surface area contributed by atoms with Crippen LogP contribution in [0.4, 0.5) is 0 Å². The van der Waals surface area contributed by atoms with Crippen molar-refractivity contribution in [2.45, 2.75) is 25.4 Å². The molecule has 1 fully saturated rings. The Morgan fingerprint density at radius 1 is 1.33 bits per heavy atom. The first-order chi connectivity index (χ1) is 8.78. The van der Waals surface area contributed by atoms with Gasteiger partial charge in [0, 0.05) is 6.54 Å². The minimum atomic E-state index is 0.354. The minimum absolute atomic E-state index is 0.354. The summed E-state index contributed by atoms with van der Waals surface area (Å²) in [6, 6.07) is 8.53. The first-order valence-electron chi connectivity index (χ1n) is 6.86. The molecule has 1 aliphatic rings. The van der Waals surface area contributed by atoms with Crippen molar-refractivity contribution in [2.24, 2.45) is 0 Å². The SMILES string of the molecule is CNCCc1ccc(OC2CCCN(C)C2)cc1. The summed E-state index contributed by atoms with van der Waals surface area (Å²) in [4.78, 5) is 2.34. The molecule has 18 heavy (non-hydrogen) atoms. The summed E-state index contributed by atoms with van der Waals surface area (Å²) in [5.41, 5.74) is 1.36. The first kappa shape index (κ1) is 13.4. The predicted molar refractivity (Wildman–Crippen MR) is 75.2 cm³/mol. The number of piperidine rings is 1. The molecule has 1 aromatic rings. The molecule has 1 aromatic carbocycles. The van der Waals surface area contributed by atoms with Gasteiger partial charge < -0.3 is 15.0 Å². The summed E-state index contributed by atoms with van der Waals surface area (Å²) in [5, 5.41) is 3.16. The minimum Gasteiger partial charge on any atom is -0.489 e. The molecule has 1 N–H and O–H groups in total. The molecule has 1 saturated heterocycles. The number of nitrogens with one attached hydrogen (secondary N) is 1. The Kier molecular flexibility index (Phi) is 5.02. The van der Waals surface area contributed by atoms with Gasteiger partial charge in [-0.25, -0.2) is 0 Å². The maximum atomic E-state index is 6.03. The van der Waals surface area contributed by atoms with Crippen LogP contribution in [-0.2, 0) is 6.42 Å². The van der Waals surface area contributed by atoms with Crippen molar-refractivity contribution in [2.75, 3.05) is 33.7 Å². The summed E-state index contributed by atoms with van der Waals surface area (Å²) in [7, 11) is 4.15. The maximum Gasteiger partial charge on any atom is 0.119 e. The second-order valence-corrected chi connectivity index (χ2v) is 5.14. The van der Waals surface area contributed by atoms with E-state index in [4.69, 9.17) is 4.74 Å². The Balaban J connectivity index is 1.85. The van der Waals surface area contributed by atoms with Gasteiger partial charge in [-0.1, -0.05) is 12.1 Å². The van der Waals surface area contributed by atoms with Gasteiger partial charge in [-0.05, 0) is 64.1 Å². The van der Waals surface area contributed by atoms with Gasteiger partial charge in [0.2, 0.25) is 0 Å². The molecule has 0 amide bonds. The van der Waals surface area contributed by atoms with E-state index in [1.54, 1.807) is 0 Å². The first-order valence-corrected chi connectivity index (χ1v) is 6.86. The largest absolute Gasteiger partial charge is 0.489 e. The van der Waals surface area contributed by atoms with Gasteiger partial charge in [0.15, 0.2) is 0 Å². The summed E-state index contributed by atoms with van der Waals surface area (Å²) in [6.07, 6.45) is 3.84. The zero-order valence-electron chi connectivity index (χ0n) is 11.5. The molecule has 100 valence electrons. The third-order valence-corrected chi connectivity index (χ3v) is 3.47. The van der Waals surface area contributed by atoms with Crippen LogP contribution >= 0.6 is 0 Å². The van der Waals surface area contributed by atoms with Crippen LogP contribution in [0.1, 0.15) is 18.4 Å². The highest BCUT2D eigenvalue weighted by Crippen LogP contribution is 2.18. The number of hydrogen-bond acceptors (Lipinski definition) is 3. The number of benzene rings is 1. The fourth-order valence-corrected chi connectivity index (χ4v) is 2.41. The summed E-state index contributed by atoms with van der Waals surface area (Å²) < 4.78 is 6.03. The van der Waals surface area contributed by atoms with Crippen molar-refractivity contribution in [1.82, 2.24) is 10.2 Å². The second kappa shape index (κ2) is 6.76. The van der Waals surface area contributed by atoms with Crippen LogP contribution in [0.5, 0.6) is 5.75 Å². The van der Waals surface area contributed by atoms with Crippen LogP contribution < -0.4 is 10.1 Å². The zero-order chi connectivity index (χ0) is 12.8. The van der Waals surface area contributed by atoms with E-state index in [2.05, 4.69) is 41.5 Å². The third kappa shape index (κ3) is 4.00. The second-order valence-electron chi connectivity index (χ2n) is 5.14. The van der Waals surface area contributed by atoms with E-state index in [1.165, 1.54) is 24.9 Å². The Hall–Kier alpha value is -1.06. The Labute approximate surface area is 110 Å². The van der Waals surface area contributed by atoms with Crippen LogP contribution in [0.25, 0.3) is 0 Å². The third-order valence-electron chi connectivity index (χ3n) is 3.47. The molecular weight excluding hydrogens is 224 g/mol. The van der Waals surface area contributed by atoms with Crippen LogP contribution in [-0.4, -0.2) is 44.7 Å². The van der Waals surface area contributed by atoms with Gasteiger partial charge in [-0.15, -0.1) is 0 Å². The highest BCUT2D eigenvalue weighted by Gasteiger charge is 2.18. The number of likely N-dealkylation sites (N-methyl/N-ethyl adjacent to an activating group) is 2. The van der Waals surface area contributed by atoms with Gasteiger partial charge in [0.25, 0.3) is 0 Å². The quantitative estimate of drug-likeness (QED) is 0.861. The molecule has 1 unspecified atom stereocenters. The average Bonchev–Trinajstić information content (AvgIpc) is 2.38. The molecule has 0 spiro atoms. The number of rotatable bonds is 5. The predicted octanol–water partition coefficient (Wildman–Crippen LogP) is 1.92. The number of hydrogen-bond donors (Lipinski definition) is 1. The van der Waals surface area contributed by atoms with Gasteiger partial charge in [0.05, 0.1) is 0 Å². The standard InChI is InChI=1S/C15H24N2O/c1-16-10-9-13-5-7-14(8-6-13)18-15-4-3-11-17(2)12-15/h5-8,15-16H,3-4,9-12H2,1-2H3. The lowest BCUT2D eigenvalue weighted by molar-refractivity contribution is 0.104. The summed E-state index contributed by atoms with van der Waals surface area (Å²) in [5.74, 6) is 1.00. The van der Waals surface area contributed by atoms with Crippen molar-refractivity contribution >= 4 is 0 Å². The molecule has 1 aliphatic heterocycles. The van der Waals surface area contributed by atoms with Crippen LogP contribution in [0.2, 0.25) is 0 Å². The van der Waals surface area contributed by atoms with Crippen molar-refractivity contribution in [3.63, 3.8) is 0 Å². The molecule has 2 rings (SSSR count). The highest BCUT2D eigenvalue weighted by molar-refractivity contribution is 5.27. The van der Waals surface area contributed by atoms with Crippen molar-refractivity contribution in [1.29, 1.82) is 0 Å². The van der Waals surface area contributed by atoms with E-state index in [-0.39, 0.29) is 0 Å². The van der Waals surface area contributed by atoms with Gasteiger partial charge in [0.1, 0.15) is 11.9 Å². The zero-order valence-corrected chi connectivity index (χ0v) is 11.5. The van der Waals surface area contributed by atoms with Crippen LogP contribution in [0, 0.1) is 0 Å². The number of ether oxygens (including phenoxy) is 1. The van der Waals surface area contributed by atoms with E-state index < -0.39 is 0 Å². The molecule has 0 aromatic heterocycles. The van der Waals surface area contributed by atoms with E-state index in [9.17, 15) is 0 Å². The Bertz CT molecular complexity index is 350. The fraction of sp³-hybridized carbons (Fsp3) is 0.600. The highest BCUT2D eigenvalue weighted by atomic mass is 16.5. The van der Waals surface area contributed by atoms with Crippen LogP contribution in [0.15, 0.2) is 24.3 Å². The van der Waals surface area contributed by atoms with Crippen molar-refractivity contribution < 1.29 is 4.74 Å². The molecule has 1 atom stereocenters. The molecule has 0 aliphatic carbocycles. The normalized spacial score (nSPS) is 20.9. The number of likely N-dealkylation sites (tertiary alicyclic amines) is 1. The van der Waals surface area contributed by atoms with Crippen molar-refractivity contribution in [3.8, 4) is 5.75 Å². The molecule has 3 nitrogen and oxygen atoms in total. The molecule has 3 heteroatoms. The number of nitrogens with zero attached hydrogens (tertiary/aromatic N) is 1. The van der Waals surface area contributed by atoms with Gasteiger partial charge in [-0.3, -0.25) is 0 Å². The fourth-order valence-electron chi connectivity index (χ4n) is 2.41. The molecular formula is C15H24N2O. The summed E-state index contributed by atoms with van der Waals surface area (Å²) >= 11 is 0. The van der Waals surface area contributed by atoms with E-state index in [1.807, 2.05) is 7.05 Å². The van der Waals surface area contributed by atoms with Crippen molar-refractivity contribution in [3.05, 3.63) is 29.8 Å². The maximum absolute atomic E-state index is 6.03. The lowest BCUT2D eigenvalue weighted by Gasteiger charge is -2.30. The Morgan fingerprint density at radius 3 is 2.78 bits per heavy atom. The lowest BCUT2D eigenvalue weighted by Crippen LogP contribution is -2.38. The molecule has 0 saturated carbocycles. The smallest absolute Gasteiger partial charge is 0.119 e. The average molecular weight is 248 g/mol. The van der Waals surface area contributed by atoms with E-state index in [0.717, 1.165) is 25.3 Å². The molecule has 1 heterocycles. The topological polar surface area (TPSA) is 24.5 Å². The molecule has 0 radical (unpaired) electrons. The van der Waals surface area contributed by atoms with Crippen LogP contribution in [0.3, 0.4) is 0 Å². The Morgan fingerprint density at radius 2 is 2.11 bits per heavy atom. The van der Waals surface area contributed by atoms with E-state index in [0.29, 0.717) is 6.10 Å². The monoisotopic (exact) mass is 248 g/mol. The van der Waals surface area contributed by atoms with E-state index >= 15 is 0 Å².